The molecule has 0 saturated heterocycles. The quantitative estimate of drug-likeness (QED) is 0.132. The summed E-state index contributed by atoms with van der Waals surface area (Å²) in [5.41, 5.74) is 5.12. The van der Waals surface area contributed by atoms with E-state index in [2.05, 4.69) is 182 Å². The van der Waals surface area contributed by atoms with Crippen molar-refractivity contribution >= 4 is 86.2 Å². The van der Waals surface area contributed by atoms with Gasteiger partial charge in [0.2, 0.25) is 0 Å². The van der Waals surface area contributed by atoms with Gasteiger partial charge in [0, 0.05) is 0 Å². The fourth-order valence-corrected chi connectivity index (χ4v) is 8.77. The van der Waals surface area contributed by atoms with Gasteiger partial charge in [0.05, 0.1) is 0 Å². The van der Waals surface area contributed by atoms with E-state index in [-0.39, 0.29) is 0 Å². The molecule has 0 aromatic heterocycles. The third-order valence-electron chi connectivity index (χ3n) is 11.0. The molecule has 230 valence electrons. The molecule has 0 radical (unpaired) electrons. The Labute approximate surface area is 289 Å². The van der Waals surface area contributed by atoms with E-state index < -0.39 is 0 Å². The van der Waals surface area contributed by atoms with Gasteiger partial charge in [-0.15, -0.1) is 0 Å². The predicted molar refractivity (Wildman–Crippen MR) is 217 cm³/mol. The fraction of sp³-hybridized carbons (Fsp3) is 0. The molecule has 0 unspecified atom stereocenters. The van der Waals surface area contributed by atoms with E-state index in [4.69, 9.17) is 0 Å². The molecule has 0 heterocycles. The normalized spacial score (nSPS) is 12.0. The van der Waals surface area contributed by atoms with Crippen LogP contribution in [0.1, 0.15) is 0 Å². The minimum absolute atomic E-state index is 1.25. The Morgan fingerprint density at radius 3 is 0.980 bits per heavy atom. The van der Waals surface area contributed by atoms with Gasteiger partial charge in [0.1, 0.15) is 0 Å². The van der Waals surface area contributed by atoms with Gasteiger partial charge in [0.25, 0.3) is 0 Å². The van der Waals surface area contributed by atoms with Crippen molar-refractivity contribution in [3.05, 3.63) is 182 Å². The highest BCUT2D eigenvalue weighted by atomic mass is 14.2. The second-order valence-corrected chi connectivity index (χ2v) is 13.6. The highest BCUT2D eigenvalue weighted by Gasteiger charge is 2.21. The maximum absolute atomic E-state index is 2.52. The van der Waals surface area contributed by atoms with Gasteiger partial charge in [-0.2, -0.15) is 0 Å². The molecule has 0 aliphatic rings. The van der Waals surface area contributed by atoms with Crippen molar-refractivity contribution in [2.45, 2.75) is 0 Å². The van der Waals surface area contributed by atoms with Gasteiger partial charge in [-0.05, 0) is 133 Å². The lowest BCUT2D eigenvalue weighted by Gasteiger charge is -2.21. The van der Waals surface area contributed by atoms with Gasteiger partial charge in [-0.25, -0.2) is 0 Å². The molecular weight excluding hydrogens is 601 g/mol. The third-order valence-corrected chi connectivity index (χ3v) is 11.0. The summed E-state index contributed by atoms with van der Waals surface area (Å²) in [6.45, 7) is 0. The van der Waals surface area contributed by atoms with E-state index in [0.29, 0.717) is 0 Å². The predicted octanol–water partition coefficient (Wildman–Crippen LogP) is 14.2. The molecule has 11 aromatic carbocycles. The molecule has 0 nitrogen and oxygen atoms in total. The molecule has 11 aromatic rings. The van der Waals surface area contributed by atoms with E-state index >= 15 is 0 Å². The van der Waals surface area contributed by atoms with Crippen molar-refractivity contribution in [2.24, 2.45) is 0 Å². The van der Waals surface area contributed by atoms with Gasteiger partial charge in [-0.3, -0.25) is 0 Å². The zero-order valence-electron chi connectivity index (χ0n) is 27.3. The number of hydrogen-bond acceptors (Lipinski definition) is 0. The average molecular weight is 631 g/mol. The molecule has 0 aliphatic carbocycles. The second kappa shape index (κ2) is 10.5. The van der Waals surface area contributed by atoms with Crippen LogP contribution in [0.4, 0.5) is 0 Å². The van der Waals surface area contributed by atoms with Crippen LogP contribution in [0.2, 0.25) is 0 Å². The van der Waals surface area contributed by atoms with Crippen molar-refractivity contribution in [1.82, 2.24) is 0 Å². The van der Waals surface area contributed by atoms with Crippen molar-refractivity contribution in [1.29, 1.82) is 0 Å². The standard InChI is InChI=1S/C50H30/c1-2-16-34-28-44-43(27-33(34)15-1)37-21-7-8-22-38(37)45-29-47-48(30-46(44)45)50(40-26-12-18-32-14-4-6-20-36(32)40)42-24-10-9-23-41(42)49(47)39-25-11-17-31-13-3-5-19-35(31)39/h1-30H. The van der Waals surface area contributed by atoms with Crippen molar-refractivity contribution in [2.75, 3.05) is 0 Å². The van der Waals surface area contributed by atoms with Crippen molar-refractivity contribution in [3.63, 3.8) is 0 Å². The summed E-state index contributed by atoms with van der Waals surface area (Å²) in [5.74, 6) is 0. The summed E-state index contributed by atoms with van der Waals surface area (Å²) in [4.78, 5) is 0. The lowest BCUT2D eigenvalue weighted by atomic mass is 9.82. The minimum atomic E-state index is 1.25. The summed E-state index contributed by atoms with van der Waals surface area (Å²) in [5, 5.41) is 20.4. The Kier molecular flexibility index (Phi) is 5.76. The van der Waals surface area contributed by atoms with Crippen LogP contribution in [0.5, 0.6) is 0 Å². The second-order valence-electron chi connectivity index (χ2n) is 13.6. The molecule has 0 bridgehead atoms. The lowest BCUT2D eigenvalue weighted by Crippen LogP contribution is -1.93. The molecule has 0 amide bonds. The van der Waals surface area contributed by atoms with Gasteiger partial charge in [0.15, 0.2) is 0 Å². The van der Waals surface area contributed by atoms with Crippen LogP contribution in [0.3, 0.4) is 0 Å². The van der Waals surface area contributed by atoms with Crippen molar-refractivity contribution in [3.8, 4) is 22.3 Å². The van der Waals surface area contributed by atoms with Crippen LogP contribution in [0.15, 0.2) is 182 Å². The smallest absolute Gasteiger partial charge is 0.00199 e. The Morgan fingerprint density at radius 1 is 0.180 bits per heavy atom. The zero-order valence-corrected chi connectivity index (χ0v) is 27.3. The van der Waals surface area contributed by atoms with Crippen LogP contribution in [0.25, 0.3) is 108 Å². The molecule has 11 rings (SSSR count). The molecule has 0 atom stereocenters. The lowest BCUT2D eigenvalue weighted by molar-refractivity contribution is 1.69. The topological polar surface area (TPSA) is 0 Å². The molecule has 0 saturated carbocycles. The summed E-state index contributed by atoms with van der Waals surface area (Å²) >= 11 is 0. The number of rotatable bonds is 2. The number of hydrogen-bond donors (Lipinski definition) is 0. The van der Waals surface area contributed by atoms with E-state index in [1.165, 1.54) is 108 Å². The van der Waals surface area contributed by atoms with E-state index in [1.807, 2.05) is 0 Å². The summed E-state index contributed by atoms with van der Waals surface area (Å²) < 4.78 is 0. The summed E-state index contributed by atoms with van der Waals surface area (Å²) in [6, 6.07) is 67.8. The Morgan fingerprint density at radius 2 is 0.500 bits per heavy atom. The van der Waals surface area contributed by atoms with Crippen LogP contribution in [-0.4, -0.2) is 0 Å². The van der Waals surface area contributed by atoms with Crippen LogP contribution in [-0.2, 0) is 0 Å². The van der Waals surface area contributed by atoms with E-state index in [9.17, 15) is 0 Å². The van der Waals surface area contributed by atoms with E-state index in [1.54, 1.807) is 0 Å². The minimum Gasteiger partial charge on any atom is -0.0616 e. The third kappa shape index (κ3) is 3.88. The molecule has 0 aliphatic heterocycles. The first-order valence-corrected chi connectivity index (χ1v) is 17.4. The van der Waals surface area contributed by atoms with Gasteiger partial charge in [-0.1, -0.05) is 158 Å². The van der Waals surface area contributed by atoms with Crippen LogP contribution < -0.4 is 0 Å². The van der Waals surface area contributed by atoms with Gasteiger partial charge < -0.3 is 0 Å². The summed E-state index contributed by atoms with van der Waals surface area (Å²) in [7, 11) is 0. The maximum Gasteiger partial charge on any atom is -0.00199 e. The Bertz CT molecular complexity index is 3190. The molecule has 50 heavy (non-hydrogen) atoms. The fourth-order valence-electron chi connectivity index (χ4n) is 8.77. The highest BCUT2D eigenvalue weighted by molar-refractivity contribution is 6.33. The summed E-state index contributed by atoms with van der Waals surface area (Å²) in [6.07, 6.45) is 0. The molecule has 0 N–H and O–H groups in total. The first kappa shape index (κ1) is 27.5. The Hall–Kier alpha value is -6.50. The molecule has 0 heteroatoms. The average Bonchev–Trinajstić information content (AvgIpc) is 3.18. The first-order chi connectivity index (χ1) is 24.8. The SMILES string of the molecule is c1ccc2cc3c(cc2c1)c1ccccc1c1cc2c(-c4cccc5ccccc45)c4ccccc4c(-c4cccc5ccccc45)c2cc31. The molecular formula is C50H30. The van der Waals surface area contributed by atoms with Gasteiger partial charge >= 0.3 is 0 Å². The first-order valence-electron chi connectivity index (χ1n) is 17.4. The largest absolute Gasteiger partial charge is 0.0616 e. The highest BCUT2D eigenvalue weighted by Crippen LogP contribution is 2.49. The molecule has 0 fully saturated rings. The Balaban J connectivity index is 1.43. The molecule has 0 spiro atoms. The van der Waals surface area contributed by atoms with E-state index in [0.717, 1.165) is 0 Å². The van der Waals surface area contributed by atoms with Crippen LogP contribution in [0, 0.1) is 0 Å². The van der Waals surface area contributed by atoms with Crippen LogP contribution >= 0.6 is 0 Å². The maximum atomic E-state index is 2.52. The monoisotopic (exact) mass is 630 g/mol. The van der Waals surface area contributed by atoms with Crippen molar-refractivity contribution < 1.29 is 0 Å². The zero-order chi connectivity index (χ0) is 32.8. The number of fused-ring (bicyclic) bond motifs is 11. The number of benzene rings is 11.